The van der Waals surface area contributed by atoms with E-state index in [0.717, 1.165) is 6.07 Å². The zero-order chi connectivity index (χ0) is 25.1. The topological polar surface area (TPSA) is 85.8 Å². The fourth-order valence-electron chi connectivity index (χ4n) is 3.77. The van der Waals surface area contributed by atoms with Crippen molar-refractivity contribution < 1.29 is 36.6 Å². The number of benzene rings is 2. The van der Waals surface area contributed by atoms with Gasteiger partial charge in [-0.05, 0) is 38.0 Å². The molecule has 2 aromatic carbocycles. The average molecular weight is 494 g/mol. The molecule has 35 heavy (non-hydrogen) atoms. The van der Waals surface area contributed by atoms with E-state index in [2.05, 4.69) is 20.0 Å². The van der Waals surface area contributed by atoms with Crippen LogP contribution >= 0.6 is 0 Å². The van der Waals surface area contributed by atoms with Gasteiger partial charge in [-0.15, -0.1) is 0 Å². The molecule has 4 rings (SSSR count). The summed E-state index contributed by atoms with van der Waals surface area (Å²) in [6.45, 7) is -1.17. The summed E-state index contributed by atoms with van der Waals surface area (Å²) in [5.41, 5.74) is 0.280. The van der Waals surface area contributed by atoms with E-state index in [1.54, 1.807) is 0 Å². The Morgan fingerprint density at radius 2 is 1.89 bits per heavy atom. The van der Waals surface area contributed by atoms with Gasteiger partial charge in [-0.3, -0.25) is 0 Å². The maximum absolute atomic E-state index is 14.5. The highest BCUT2D eigenvalue weighted by Gasteiger charge is 2.27. The average Bonchev–Trinajstić information content (AvgIpc) is 2.84. The fourth-order valence-corrected chi connectivity index (χ4v) is 3.77. The number of rotatable bonds is 6. The molecular weight excluding hydrogens is 472 g/mol. The molecule has 2 heterocycles. The van der Waals surface area contributed by atoms with Crippen LogP contribution < -0.4 is 14.8 Å². The van der Waals surface area contributed by atoms with E-state index in [-0.39, 0.29) is 54.5 Å². The van der Waals surface area contributed by atoms with Crippen molar-refractivity contribution in [3.05, 3.63) is 47.8 Å². The molecule has 1 N–H and O–H groups in total. The van der Waals surface area contributed by atoms with Crippen molar-refractivity contribution in [2.24, 2.45) is 0 Å². The van der Waals surface area contributed by atoms with Gasteiger partial charge in [-0.25, -0.2) is 23.5 Å². The summed E-state index contributed by atoms with van der Waals surface area (Å²) >= 11 is 0. The van der Waals surface area contributed by atoms with E-state index >= 15 is 0 Å². The van der Waals surface area contributed by atoms with Crippen LogP contribution in [0.3, 0.4) is 0 Å². The van der Waals surface area contributed by atoms with Crippen LogP contribution in [0.4, 0.5) is 33.9 Å². The Kier molecular flexibility index (Phi) is 7.20. The lowest BCUT2D eigenvalue weighted by Gasteiger charge is -2.31. The van der Waals surface area contributed by atoms with Gasteiger partial charge < -0.3 is 24.4 Å². The molecule has 1 amide bonds. The molecule has 186 valence electrons. The van der Waals surface area contributed by atoms with E-state index in [0.29, 0.717) is 10.9 Å². The lowest BCUT2D eigenvalue weighted by atomic mass is 10.1. The molecule has 0 radical (unpaired) electrons. The van der Waals surface area contributed by atoms with Crippen molar-refractivity contribution >= 4 is 28.5 Å². The van der Waals surface area contributed by atoms with Crippen LogP contribution in [-0.2, 0) is 4.74 Å². The summed E-state index contributed by atoms with van der Waals surface area (Å²) in [4.78, 5) is 22.4. The second kappa shape index (κ2) is 10.3. The fraction of sp³-hybridized carbons (Fsp3) is 0.348. The quantitative estimate of drug-likeness (QED) is 0.473. The van der Waals surface area contributed by atoms with Crippen molar-refractivity contribution in [2.45, 2.75) is 32.5 Å². The van der Waals surface area contributed by atoms with E-state index in [1.165, 1.54) is 43.5 Å². The number of nitrogens with one attached hydrogen (secondary N) is 1. The summed E-state index contributed by atoms with van der Waals surface area (Å²) in [6.07, 6.45) is 0.438. The Bertz CT molecular complexity index is 1240. The predicted molar refractivity (Wildman–Crippen MR) is 118 cm³/mol. The Balaban J connectivity index is 1.58. The van der Waals surface area contributed by atoms with E-state index in [9.17, 15) is 22.4 Å². The first-order chi connectivity index (χ1) is 16.8. The third-order valence-corrected chi connectivity index (χ3v) is 5.69. The van der Waals surface area contributed by atoms with E-state index in [1.807, 2.05) is 0 Å². The zero-order valence-electron chi connectivity index (χ0n) is 18.9. The van der Waals surface area contributed by atoms with Crippen molar-refractivity contribution in [1.82, 2.24) is 14.9 Å². The number of halogens is 4. The van der Waals surface area contributed by atoms with Crippen molar-refractivity contribution in [3.8, 4) is 11.5 Å². The van der Waals surface area contributed by atoms with Gasteiger partial charge in [0.05, 0.1) is 24.4 Å². The normalized spacial score (nSPS) is 14.4. The number of nitrogens with zero attached hydrogens (tertiary/aromatic N) is 3. The highest BCUT2D eigenvalue weighted by atomic mass is 19.3. The van der Waals surface area contributed by atoms with Crippen molar-refractivity contribution in [3.63, 3.8) is 0 Å². The Hall–Kier alpha value is -3.67. The second-order valence-corrected chi connectivity index (χ2v) is 7.85. The molecule has 1 saturated heterocycles. The van der Waals surface area contributed by atoms with Crippen molar-refractivity contribution in [2.75, 3.05) is 25.5 Å². The first-order valence-electron chi connectivity index (χ1n) is 10.7. The Morgan fingerprint density at radius 3 is 2.57 bits per heavy atom. The van der Waals surface area contributed by atoms with Gasteiger partial charge in [0.15, 0.2) is 17.3 Å². The second-order valence-electron chi connectivity index (χ2n) is 7.85. The number of carbonyl (C=O) groups excluding carboxylic acids is 1. The van der Waals surface area contributed by atoms with Gasteiger partial charge in [0.2, 0.25) is 0 Å². The minimum Gasteiger partial charge on any atom is -0.493 e. The molecule has 0 bridgehead atoms. The smallest absolute Gasteiger partial charge is 0.415 e. The number of hydrogen-bond donors (Lipinski definition) is 1. The molecule has 1 aliphatic heterocycles. The molecule has 0 unspecified atom stereocenters. The largest absolute Gasteiger partial charge is 0.493 e. The molecule has 3 aromatic rings. The number of ether oxygens (including phenoxy) is 3. The summed E-state index contributed by atoms with van der Waals surface area (Å²) in [5, 5.41) is 3.22. The van der Waals surface area contributed by atoms with Gasteiger partial charge in [-0.2, -0.15) is 8.78 Å². The number of aromatic nitrogens is 2. The summed E-state index contributed by atoms with van der Waals surface area (Å²) in [7, 11) is 1.39. The van der Waals surface area contributed by atoms with Crippen molar-refractivity contribution in [1.29, 1.82) is 0 Å². The van der Waals surface area contributed by atoms with Crippen LogP contribution in [0, 0.1) is 18.6 Å². The Morgan fingerprint density at radius 1 is 1.14 bits per heavy atom. The molecule has 12 heteroatoms. The van der Waals surface area contributed by atoms with Gasteiger partial charge in [0.1, 0.15) is 18.0 Å². The van der Waals surface area contributed by atoms with Gasteiger partial charge in [-0.1, -0.05) is 0 Å². The number of amides is 1. The van der Waals surface area contributed by atoms with Crippen LogP contribution in [-0.4, -0.2) is 53.9 Å². The number of piperidine rings is 1. The maximum Gasteiger partial charge on any atom is 0.415 e. The predicted octanol–water partition coefficient (Wildman–Crippen LogP) is 5.17. The Labute approximate surface area is 197 Å². The van der Waals surface area contributed by atoms with Crippen LogP contribution in [0.15, 0.2) is 30.6 Å². The summed E-state index contributed by atoms with van der Waals surface area (Å²) < 4.78 is 68.4. The summed E-state index contributed by atoms with van der Waals surface area (Å²) in [5.74, 6) is -0.968. The minimum absolute atomic E-state index is 0.00662. The van der Waals surface area contributed by atoms with Crippen LogP contribution in [0.1, 0.15) is 18.4 Å². The van der Waals surface area contributed by atoms with Gasteiger partial charge in [0, 0.05) is 30.1 Å². The zero-order valence-corrected chi connectivity index (χ0v) is 18.9. The first-order valence-corrected chi connectivity index (χ1v) is 10.7. The number of carbonyl (C=O) groups is 1. The van der Waals surface area contributed by atoms with Crippen LogP contribution in [0.2, 0.25) is 0 Å². The third-order valence-electron chi connectivity index (χ3n) is 5.69. The number of likely N-dealkylation sites (tertiary alicyclic amines) is 1. The molecule has 1 aromatic heterocycles. The maximum atomic E-state index is 14.5. The molecule has 1 fully saturated rings. The molecule has 0 spiro atoms. The third kappa shape index (κ3) is 5.37. The van der Waals surface area contributed by atoms with E-state index in [4.69, 9.17) is 9.47 Å². The summed E-state index contributed by atoms with van der Waals surface area (Å²) in [6, 6.07) is 5.38. The SMILES string of the molecule is COc1cc2ncnc(Nc3ccc(F)c(C)c3F)c2cc1OC(=O)N1CCC(OC(F)F)CC1. The number of anilines is 2. The highest BCUT2D eigenvalue weighted by molar-refractivity contribution is 5.93. The number of methoxy groups -OCH3 is 1. The van der Waals surface area contributed by atoms with Gasteiger partial charge >= 0.3 is 12.7 Å². The number of alkyl halides is 2. The molecule has 8 nitrogen and oxygen atoms in total. The monoisotopic (exact) mass is 494 g/mol. The lowest BCUT2D eigenvalue weighted by Crippen LogP contribution is -2.42. The number of fused-ring (bicyclic) bond motifs is 1. The first kappa shape index (κ1) is 24.5. The standard InChI is InChI=1S/C23H22F4N4O4/c1-12-15(24)3-4-16(20(12)25)30-21-14-9-19(18(33-2)10-17(14)28-11-29-21)35-23(32)31-7-5-13(6-8-31)34-22(26)27/h3-4,9-11,13,22H,5-8H2,1-2H3,(H,28,29,30). The molecular formula is C23H22F4N4O4. The minimum atomic E-state index is -2.86. The molecule has 0 atom stereocenters. The van der Waals surface area contributed by atoms with Crippen LogP contribution in [0.25, 0.3) is 10.9 Å². The molecule has 0 aliphatic carbocycles. The highest BCUT2D eigenvalue weighted by Crippen LogP contribution is 2.36. The lowest BCUT2D eigenvalue weighted by molar-refractivity contribution is -0.171. The van der Waals surface area contributed by atoms with Gasteiger partial charge in [0.25, 0.3) is 0 Å². The molecule has 1 aliphatic rings. The van der Waals surface area contributed by atoms with Crippen LogP contribution in [0.5, 0.6) is 11.5 Å². The molecule has 0 saturated carbocycles. The number of hydrogen-bond acceptors (Lipinski definition) is 7. The van der Waals surface area contributed by atoms with E-state index < -0.39 is 30.4 Å².